The van der Waals surface area contributed by atoms with Gasteiger partial charge < -0.3 is 34.4 Å². The van der Waals surface area contributed by atoms with E-state index in [9.17, 15) is 14.4 Å². The predicted octanol–water partition coefficient (Wildman–Crippen LogP) is 9.61. The van der Waals surface area contributed by atoms with E-state index < -0.39 is 17.7 Å². The summed E-state index contributed by atoms with van der Waals surface area (Å²) in [5.74, 6) is 1.38. The summed E-state index contributed by atoms with van der Waals surface area (Å²) in [4.78, 5) is 59.5. The van der Waals surface area contributed by atoms with Gasteiger partial charge in [-0.1, -0.05) is 81.0 Å². The molecule has 7 rings (SSSR count). The molecule has 334 valence electrons. The number of nitrogens with one attached hydrogen (secondary N) is 3. The van der Waals surface area contributed by atoms with Crippen molar-refractivity contribution in [3.63, 3.8) is 0 Å². The van der Waals surface area contributed by atoms with Crippen molar-refractivity contribution < 1.29 is 28.6 Å². The number of amides is 3. The van der Waals surface area contributed by atoms with Crippen molar-refractivity contribution in [3.05, 3.63) is 84.2 Å². The third kappa shape index (κ3) is 12.6. The Balaban J connectivity index is 0.00000248. The Morgan fingerprint density at radius 3 is 2.15 bits per heavy atom. The number of rotatable bonds is 5. The number of carbonyl (C=O) groups is 3. The molecule has 0 aliphatic carbocycles. The van der Waals surface area contributed by atoms with Gasteiger partial charge in [0, 0.05) is 18.7 Å². The molecule has 4 aromatic rings. The molecule has 2 bridgehead atoms. The first kappa shape index (κ1) is 51.0. The van der Waals surface area contributed by atoms with Crippen LogP contribution in [-0.2, 0) is 25.6 Å². The fraction of sp³-hybridized carbons (Fsp3) is 0.489. The van der Waals surface area contributed by atoms with Gasteiger partial charge in [-0.2, -0.15) is 40.5 Å². The molecule has 2 saturated heterocycles. The molecule has 3 amide bonds. The summed E-state index contributed by atoms with van der Waals surface area (Å²) in [5.41, 5.74) is 6.06. The van der Waals surface area contributed by atoms with E-state index in [2.05, 4.69) is 81.0 Å². The number of hydrogen-bond acceptors (Lipinski definition) is 8. The summed E-state index contributed by atoms with van der Waals surface area (Å²) >= 11 is 0. The minimum absolute atomic E-state index is 0. The summed E-state index contributed by atoms with van der Waals surface area (Å²) < 4.78 is 16.6. The van der Waals surface area contributed by atoms with Gasteiger partial charge in [-0.25, -0.2) is 19.6 Å². The first-order valence-corrected chi connectivity index (χ1v) is 20.3. The number of hydrogen-bond donors (Lipinski definition) is 3. The summed E-state index contributed by atoms with van der Waals surface area (Å²) in [5, 5.41) is 2.80. The largest absolute Gasteiger partial charge is 0.453 e. The maximum absolute atomic E-state index is 14.0. The Bertz CT molecular complexity index is 2050. The molecule has 13 nitrogen and oxygen atoms in total. The van der Waals surface area contributed by atoms with Crippen molar-refractivity contribution in [1.82, 2.24) is 35.1 Å². The van der Waals surface area contributed by atoms with E-state index in [0.29, 0.717) is 32.7 Å². The topological polar surface area (TPSA) is 155 Å². The summed E-state index contributed by atoms with van der Waals surface area (Å²) in [6.45, 7) is 7.72. The predicted molar refractivity (Wildman–Crippen MR) is 255 cm³/mol. The highest BCUT2D eigenvalue weighted by Crippen LogP contribution is 2.36. The number of aromatic nitrogens is 4. The van der Waals surface area contributed by atoms with Crippen LogP contribution in [0.2, 0.25) is 0 Å². The van der Waals surface area contributed by atoms with Crippen molar-refractivity contribution in [2.45, 2.75) is 116 Å². The maximum atomic E-state index is 14.0. The lowest BCUT2D eigenvalue weighted by molar-refractivity contribution is -0.134. The summed E-state index contributed by atoms with van der Waals surface area (Å²) in [6.07, 6.45) is 12.7. The fourth-order valence-corrected chi connectivity index (χ4v) is 8.01. The van der Waals surface area contributed by atoms with Crippen molar-refractivity contribution in [3.8, 4) is 33.6 Å². The molecule has 3 N–H and O–H groups in total. The number of methoxy groups -OCH3 is 1. The minimum atomic E-state index is -0.659. The molecule has 3 atom stereocenters. The third-order valence-electron chi connectivity index (χ3n) is 10.9. The van der Waals surface area contributed by atoms with Crippen molar-refractivity contribution in [2.75, 3.05) is 26.8 Å². The van der Waals surface area contributed by atoms with Crippen LogP contribution in [0, 0.1) is 0 Å². The summed E-state index contributed by atoms with van der Waals surface area (Å²) in [6, 6.07) is 15.6. The van der Waals surface area contributed by atoms with Crippen LogP contribution < -0.4 is 5.32 Å². The molecule has 16 heteroatoms. The quantitative estimate of drug-likeness (QED) is 0.167. The molecule has 3 aliphatic heterocycles. The van der Waals surface area contributed by atoms with Gasteiger partial charge in [0.05, 0.1) is 55.7 Å². The first-order chi connectivity index (χ1) is 27.6. The highest BCUT2D eigenvalue weighted by Gasteiger charge is 2.37. The minimum Gasteiger partial charge on any atom is -0.453 e. The molecule has 2 aromatic heterocycles. The van der Waals surface area contributed by atoms with Crippen LogP contribution in [0.25, 0.3) is 33.6 Å². The van der Waals surface area contributed by atoms with Crippen molar-refractivity contribution in [1.29, 1.82) is 0 Å². The molecular weight excluding hydrogens is 831 g/mol. The molecule has 0 saturated carbocycles. The number of aromatic amines is 2. The lowest BCUT2D eigenvalue weighted by Gasteiger charge is -2.28. The monoisotopic (exact) mass is 895 g/mol. The highest BCUT2D eigenvalue weighted by molar-refractivity contribution is 7.59. The van der Waals surface area contributed by atoms with Gasteiger partial charge in [-0.15, -0.1) is 0 Å². The van der Waals surface area contributed by atoms with Gasteiger partial charge in [-0.3, -0.25) is 9.69 Å². The number of imidazole rings is 2. The van der Waals surface area contributed by atoms with Crippen LogP contribution in [-0.4, -0.2) is 86.3 Å². The van der Waals surface area contributed by atoms with Gasteiger partial charge >= 0.3 is 12.2 Å². The highest BCUT2D eigenvalue weighted by atomic mass is 32.1. The molecule has 61 heavy (non-hydrogen) atoms. The fourth-order valence-electron chi connectivity index (χ4n) is 8.01. The smallest absolute Gasteiger partial charge is 0.410 e. The molecular formula is C45H65N7O6S3. The third-order valence-corrected chi connectivity index (χ3v) is 10.9. The lowest BCUT2D eigenvalue weighted by Crippen LogP contribution is -2.48. The zero-order valence-corrected chi connectivity index (χ0v) is 38.0. The van der Waals surface area contributed by atoms with E-state index in [1.165, 1.54) is 7.11 Å². The van der Waals surface area contributed by atoms with E-state index in [1.807, 2.05) is 31.9 Å². The van der Waals surface area contributed by atoms with Crippen molar-refractivity contribution >= 4 is 58.6 Å². The van der Waals surface area contributed by atoms with E-state index in [-0.39, 0.29) is 72.0 Å². The molecule has 3 aliphatic rings. The number of alkyl carbamates (subject to hydrolysis) is 1. The van der Waals surface area contributed by atoms with Gasteiger partial charge in [0.2, 0.25) is 5.91 Å². The maximum Gasteiger partial charge on any atom is 0.410 e. The van der Waals surface area contributed by atoms with Crippen LogP contribution in [0.3, 0.4) is 0 Å². The number of nitrogens with zero attached hydrogens (tertiary/aromatic N) is 4. The number of benzene rings is 2. The Morgan fingerprint density at radius 1 is 0.803 bits per heavy atom. The van der Waals surface area contributed by atoms with E-state index in [1.54, 1.807) is 4.90 Å². The van der Waals surface area contributed by atoms with Gasteiger partial charge in [0.1, 0.15) is 23.3 Å². The number of ether oxygens (including phenoxy) is 3. The SMILES string of the molecule is C.COC(=O)N[C@H]1CCCCC/C=C\COCc2[nH]c(nc2-c2ccc(-c3ccc(-c4cnc([C@@H]5CCCN5C(=O)OC(C)(C)C)[nH]4)cc3)cc2)[C@@H]2CCCN2C1=O.S.S.S. The van der Waals surface area contributed by atoms with Crippen LogP contribution in [0.5, 0.6) is 0 Å². The van der Waals surface area contributed by atoms with E-state index in [4.69, 9.17) is 19.2 Å². The standard InChI is InChI=1S/C44H55N7O6.CH4.3H2S/c1-44(2,3)57-43(54)51-25-12-14-36(51)39-45-27-34(46-39)31-20-16-29(17-21-31)30-18-22-32(23-19-30)38-35-28-56-26-10-8-6-5-7-9-13-33(48-42(53)55-4)41(52)50-24-11-15-37(50)40(47-35)49-38;;;;/h8,10,16-23,27,33,36-37H,5-7,9,11-15,24-26,28H2,1-4H3,(H,45,46)(H,47,49)(H,48,53);1H4;3*1H2/b10-8-;;;;/t33-,36-,37-;;;;/m0..../s1. The Hall–Kier alpha value is -4.38. The lowest BCUT2D eigenvalue weighted by atomic mass is 10.0. The number of carbonyl (C=O) groups excluding carboxylic acids is 3. The van der Waals surface area contributed by atoms with E-state index >= 15 is 0 Å². The Kier molecular flexibility index (Phi) is 19.4. The average molecular weight is 896 g/mol. The van der Waals surface area contributed by atoms with Crippen LogP contribution in [0.1, 0.15) is 115 Å². The number of allylic oxidation sites excluding steroid dienone is 1. The van der Waals surface area contributed by atoms with Crippen LogP contribution in [0.15, 0.2) is 66.9 Å². The van der Waals surface area contributed by atoms with Crippen LogP contribution in [0.4, 0.5) is 9.59 Å². The number of fused-ring (bicyclic) bond motifs is 4. The molecule has 0 spiro atoms. The zero-order chi connectivity index (χ0) is 39.9. The second kappa shape index (κ2) is 23.2. The molecule has 0 unspecified atom stereocenters. The summed E-state index contributed by atoms with van der Waals surface area (Å²) in [7, 11) is 1.32. The van der Waals surface area contributed by atoms with E-state index in [0.717, 1.165) is 102 Å². The van der Waals surface area contributed by atoms with Crippen molar-refractivity contribution in [2.24, 2.45) is 0 Å². The second-order valence-corrected chi connectivity index (χ2v) is 16.1. The Labute approximate surface area is 381 Å². The van der Waals surface area contributed by atoms with Crippen LogP contribution >= 0.6 is 40.5 Å². The van der Waals surface area contributed by atoms with Gasteiger partial charge in [0.15, 0.2) is 0 Å². The first-order valence-electron chi connectivity index (χ1n) is 20.3. The number of likely N-dealkylation sites (tertiary alicyclic amines) is 1. The Morgan fingerprint density at radius 2 is 1.46 bits per heavy atom. The normalized spacial score (nSPS) is 20.1. The molecule has 0 radical (unpaired) electrons. The van der Waals surface area contributed by atoms with Gasteiger partial charge in [0.25, 0.3) is 0 Å². The van der Waals surface area contributed by atoms with Gasteiger partial charge in [-0.05, 0) is 82.4 Å². The zero-order valence-electron chi connectivity index (χ0n) is 35.0. The second-order valence-electron chi connectivity index (χ2n) is 16.1. The average Bonchev–Trinajstić information content (AvgIpc) is 4.04. The number of H-pyrrole nitrogens is 2. The molecule has 5 heterocycles. The molecule has 2 aromatic carbocycles. The molecule has 2 fully saturated rings.